The molecule has 4 aromatic rings. The fraction of sp³-hybridized carbons (Fsp3) is 0.217. The highest BCUT2D eigenvalue weighted by Gasteiger charge is 2.29. The Morgan fingerprint density at radius 2 is 1.67 bits per heavy atom. The lowest BCUT2D eigenvalue weighted by Crippen LogP contribution is -2.16. The van der Waals surface area contributed by atoms with Crippen LogP contribution in [-0.2, 0) is 16.6 Å². The first-order chi connectivity index (χ1) is 15.7. The standard InChI is InChI=1S/C23H21Cl2FN2O4S/c1-14-4-6-15(7-5-14)33(29,30)28-20(11-18(25)23(28)26)17-13-27(9-8-24)19-12-22(32-3)21(31-2)10-16(17)19/h4-7,10-13H,8-9H2,1-3H3. The molecule has 174 valence electrons. The zero-order valence-corrected chi connectivity index (χ0v) is 20.4. The minimum Gasteiger partial charge on any atom is -0.493 e. The monoisotopic (exact) mass is 510 g/mol. The second-order valence-electron chi connectivity index (χ2n) is 7.40. The quantitative estimate of drug-likeness (QED) is 0.299. The van der Waals surface area contributed by atoms with E-state index in [2.05, 4.69) is 0 Å². The molecule has 0 aliphatic heterocycles. The van der Waals surface area contributed by atoms with Crippen LogP contribution in [0.2, 0.25) is 5.02 Å². The van der Waals surface area contributed by atoms with Gasteiger partial charge in [-0.25, -0.2) is 12.4 Å². The molecular weight excluding hydrogens is 490 g/mol. The average molecular weight is 511 g/mol. The first-order valence-corrected chi connectivity index (χ1v) is 12.3. The lowest BCUT2D eigenvalue weighted by Gasteiger charge is -2.12. The predicted octanol–water partition coefficient (Wildman–Crippen LogP) is 5.70. The molecular formula is C23H21Cl2FN2O4S. The average Bonchev–Trinajstić information content (AvgIpc) is 3.30. The van der Waals surface area contributed by atoms with E-state index in [0.717, 1.165) is 11.1 Å². The van der Waals surface area contributed by atoms with Crippen molar-refractivity contribution < 1.29 is 22.3 Å². The maximum absolute atomic E-state index is 15.2. The van der Waals surface area contributed by atoms with Gasteiger partial charge in [0.15, 0.2) is 11.5 Å². The van der Waals surface area contributed by atoms with E-state index in [4.69, 9.17) is 32.7 Å². The zero-order valence-electron chi connectivity index (χ0n) is 18.1. The Labute approximate surface area is 201 Å². The third-order valence-corrected chi connectivity index (χ3v) is 7.54. The van der Waals surface area contributed by atoms with Gasteiger partial charge >= 0.3 is 0 Å². The number of hydrogen-bond acceptors (Lipinski definition) is 4. The molecule has 0 amide bonds. The fourth-order valence-electron chi connectivity index (χ4n) is 3.78. The Kier molecular flexibility index (Phi) is 6.35. The summed E-state index contributed by atoms with van der Waals surface area (Å²) in [6.07, 6.45) is 1.72. The number of rotatable bonds is 7. The summed E-state index contributed by atoms with van der Waals surface area (Å²) in [4.78, 5) is -0.0516. The van der Waals surface area contributed by atoms with Crippen LogP contribution in [0.4, 0.5) is 4.39 Å². The Bertz CT molecular complexity index is 1440. The predicted molar refractivity (Wildman–Crippen MR) is 128 cm³/mol. The van der Waals surface area contributed by atoms with Crippen LogP contribution in [0, 0.1) is 12.9 Å². The lowest BCUT2D eigenvalue weighted by molar-refractivity contribution is 0.355. The van der Waals surface area contributed by atoms with Crippen LogP contribution < -0.4 is 9.47 Å². The molecule has 0 saturated carbocycles. The van der Waals surface area contributed by atoms with Crippen molar-refractivity contribution in [3.63, 3.8) is 0 Å². The molecule has 0 spiro atoms. The molecule has 33 heavy (non-hydrogen) atoms. The minimum absolute atomic E-state index is 0.0516. The molecule has 2 heterocycles. The highest BCUT2D eigenvalue weighted by Crippen LogP contribution is 2.41. The topological polar surface area (TPSA) is 62.5 Å². The number of aryl methyl sites for hydroxylation is 2. The van der Waals surface area contributed by atoms with Gasteiger partial charge in [-0.1, -0.05) is 29.3 Å². The third-order valence-electron chi connectivity index (χ3n) is 5.40. The van der Waals surface area contributed by atoms with Crippen LogP contribution >= 0.6 is 23.2 Å². The van der Waals surface area contributed by atoms with Gasteiger partial charge in [0.1, 0.15) is 0 Å². The van der Waals surface area contributed by atoms with Crippen LogP contribution in [-0.4, -0.2) is 37.1 Å². The van der Waals surface area contributed by atoms with Crippen molar-refractivity contribution in [2.75, 3.05) is 20.1 Å². The molecule has 0 aliphatic carbocycles. The molecule has 0 radical (unpaired) electrons. The lowest BCUT2D eigenvalue weighted by atomic mass is 10.1. The number of halogens is 3. The van der Waals surface area contributed by atoms with Crippen molar-refractivity contribution in [2.24, 2.45) is 0 Å². The van der Waals surface area contributed by atoms with Gasteiger partial charge in [-0.15, -0.1) is 11.6 Å². The van der Waals surface area contributed by atoms with Gasteiger partial charge in [0.2, 0.25) is 5.95 Å². The molecule has 0 fully saturated rings. The Morgan fingerprint density at radius 1 is 1.03 bits per heavy atom. The summed E-state index contributed by atoms with van der Waals surface area (Å²) in [7, 11) is -1.26. The normalized spacial score (nSPS) is 11.8. The van der Waals surface area contributed by atoms with E-state index in [1.807, 2.05) is 11.5 Å². The molecule has 2 aromatic heterocycles. The molecule has 0 atom stereocenters. The summed E-state index contributed by atoms with van der Waals surface area (Å²) in [5.74, 6) is 0.194. The number of fused-ring (bicyclic) bond motifs is 1. The molecule has 0 N–H and O–H groups in total. The van der Waals surface area contributed by atoms with Crippen LogP contribution in [0.3, 0.4) is 0 Å². The van der Waals surface area contributed by atoms with E-state index in [0.29, 0.717) is 38.8 Å². The third kappa shape index (κ3) is 3.96. The molecule has 10 heteroatoms. The van der Waals surface area contributed by atoms with E-state index < -0.39 is 16.0 Å². The van der Waals surface area contributed by atoms with Crippen molar-refractivity contribution in [3.05, 3.63) is 65.2 Å². The van der Waals surface area contributed by atoms with E-state index in [1.165, 1.54) is 32.4 Å². The summed E-state index contributed by atoms with van der Waals surface area (Å²) < 4.78 is 55.4. The second kappa shape index (κ2) is 8.93. The number of alkyl halides is 1. The molecule has 4 rings (SSSR count). The first kappa shape index (κ1) is 23.5. The highest BCUT2D eigenvalue weighted by molar-refractivity contribution is 7.90. The fourth-order valence-corrected chi connectivity index (χ4v) is 5.61. The number of hydrogen-bond donors (Lipinski definition) is 0. The number of ether oxygens (including phenoxy) is 2. The van der Waals surface area contributed by atoms with E-state index in [1.54, 1.807) is 30.5 Å². The maximum Gasteiger partial charge on any atom is 0.270 e. The van der Waals surface area contributed by atoms with Crippen molar-refractivity contribution >= 4 is 44.1 Å². The number of benzene rings is 2. The molecule has 0 aliphatic rings. The Morgan fingerprint density at radius 3 is 2.27 bits per heavy atom. The molecule has 0 unspecified atom stereocenters. The number of nitrogens with zero attached hydrogens (tertiary/aromatic N) is 2. The van der Waals surface area contributed by atoms with Gasteiger partial charge in [0.05, 0.1) is 35.3 Å². The summed E-state index contributed by atoms with van der Waals surface area (Å²) >= 11 is 12.1. The number of methoxy groups -OCH3 is 2. The molecule has 0 saturated heterocycles. The summed E-state index contributed by atoms with van der Waals surface area (Å²) in [5, 5.41) is 0.326. The first-order valence-electron chi connectivity index (χ1n) is 9.93. The summed E-state index contributed by atoms with van der Waals surface area (Å²) in [5.41, 5.74) is 2.15. The van der Waals surface area contributed by atoms with Crippen LogP contribution in [0.1, 0.15) is 5.56 Å². The summed E-state index contributed by atoms with van der Waals surface area (Å²) in [6.45, 7) is 2.28. The van der Waals surface area contributed by atoms with E-state index >= 15 is 4.39 Å². The van der Waals surface area contributed by atoms with Gasteiger partial charge in [-0.2, -0.15) is 4.39 Å². The van der Waals surface area contributed by atoms with Gasteiger partial charge in [-0.3, -0.25) is 0 Å². The van der Waals surface area contributed by atoms with Crippen molar-refractivity contribution in [1.82, 2.24) is 8.54 Å². The van der Waals surface area contributed by atoms with Crippen LogP contribution in [0.5, 0.6) is 11.5 Å². The largest absolute Gasteiger partial charge is 0.493 e. The van der Waals surface area contributed by atoms with E-state index in [9.17, 15) is 8.42 Å². The highest BCUT2D eigenvalue weighted by atomic mass is 35.5. The van der Waals surface area contributed by atoms with Crippen LogP contribution in [0.25, 0.3) is 22.2 Å². The Hall–Kier alpha value is -2.68. The van der Waals surface area contributed by atoms with Gasteiger partial charge < -0.3 is 14.0 Å². The van der Waals surface area contributed by atoms with E-state index in [-0.39, 0.29) is 15.6 Å². The smallest absolute Gasteiger partial charge is 0.270 e. The number of aromatic nitrogens is 2. The van der Waals surface area contributed by atoms with Crippen molar-refractivity contribution in [1.29, 1.82) is 0 Å². The van der Waals surface area contributed by atoms with Gasteiger partial charge in [0.25, 0.3) is 10.0 Å². The SMILES string of the molecule is COc1cc2c(-c3cc(Cl)c(F)n3S(=O)(=O)c3ccc(C)cc3)cn(CCCl)c2cc1OC. The van der Waals surface area contributed by atoms with Crippen molar-refractivity contribution in [2.45, 2.75) is 18.4 Å². The molecule has 2 aromatic carbocycles. The van der Waals surface area contributed by atoms with Gasteiger partial charge in [0, 0.05) is 35.6 Å². The second-order valence-corrected chi connectivity index (χ2v) is 9.97. The zero-order chi connectivity index (χ0) is 23.9. The van der Waals surface area contributed by atoms with Gasteiger partial charge in [-0.05, 0) is 31.2 Å². The molecule has 6 nitrogen and oxygen atoms in total. The molecule has 0 bridgehead atoms. The summed E-state index contributed by atoms with van der Waals surface area (Å²) in [6, 6.07) is 11.0. The minimum atomic E-state index is -4.28. The van der Waals surface area contributed by atoms with Crippen LogP contribution in [0.15, 0.2) is 53.6 Å². The maximum atomic E-state index is 15.2. The Balaban J connectivity index is 2.04. The van der Waals surface area contributed by atoms with Crippen molar-refractivity contribution in [3.8, 4) is 22.8 Å².